The molecular weight excluding hydrogens is 311 g/mol. The van der Waals surface area contributed by atoms with E-state index in [9.17, 15) is 18.0 Å². The Labute approximate surface area is 125 Å². The van der Waals surface area contributed by atoms with Gasteiger partial charge in [-0.2, -0.15) is 13.2 Å². The first kappa shape index (κ1) is 17.4. The molecule has 0 heterocycles. The van der Waals surface area contributed by atoms with Crippen molar-refractivity contribution in [2.75, 3.05) is 13.7 Å². The maximum Gasteiger partial charge on any atom is 0.405 e. The van der Waals surface area contributed by atoms with Gasteiger partial charge in [0.05, 0.1) is 18.2 Å². The van der Waals surface area contributed by atoms with Crippen LogP contribution in [0, 0.1) is 0 Å². The number of alkyl halides is 3. The summed E-state index contributed by atoms with van der Waals surface area (Å²) in [6, 6.07) is 2.50. The summed E-state index contributed by atoms with van der Waals surface area (Å²) in [4.78, 5) is 11.7. The van der Waals surface area contributed by atoms with Crippen LogP contribution in [0.5, 0.6) is 11.5 Å². The molecule has 0 spiro atoms. The summed E-state index contributed by atoms with van der Waals surface area (Å²) in [5, 5.41) is 1.84. The molecule has 0 saturated carbocycles. The zero-order valence-electron chi connectivity index (χ0n) is 11.7. The van der Waals surface area contributed by atoms with Crippen molar-refractivity contribution in [3.8, 4) is 11.5 Å². The summed E-state index contributed by atoms with van der Waals surface area (Å²) >= 11 is 5.98. The summed E-state index contributed by atoms with van der Waals surface area (Å²) in [7, 11) is 1.34. The zero-order chi connectivity index (χ0) is 16.2. The van der Waals surface area contributed by atoms with Gasteiger partial charge in [0, 0.05) is 5.56 Å². The normalized spacial score (nSPS) is 11.4. The average Bonchev–Trinajstić information content (AvgIpc) is 2.36. The molecule has 1 aromatic carbocycles. The molecule has 0 radical (unpaired) electrons. The van der Waals surface area contributed by atoms with E-state index < -0.39 is 18.6 Å². The maximum absolute atomic E-state index is 12.1. The molecule has 0 fully saturated rings. The second-order valence-electron chi connectivity index (χ2n) is 4.45. The number of methoxy groups -OCH3 is 1. The van der Waals surface area contributed by atoms with E-state index in [1.54, 1.807) is 19.2 Å². The van der Waals surface area contributed by atoms with Crippen LogP contribution in [0.15, 0.2) is 12.1 Å². The molecule has 0 unspecified atom stereocenters. The Morgan fingerprint density at radius 3 is 2.48 bits per heavy atom. The molecule has 0 atom stereocenters. The summed E-state index contributed by atoms with van der Waals surface area (Å²) < 4.78 is 46.7. The quantitative estimate of drug-likeness (QED) is 0.902. The van der Waals surface area contributed by atoms with E-state index in [0.29, 0.717) is 0 Å². The zero-order valence-corrected chi connectivity index (χ0v) is 12.4. The first-order chi connectivity index (χ1) is 9.64. The predicted molar refractivity (Wildman–Crippen MR) is 72.2 cm³/mol. The van der Waals surface area contributed by atoms with Crippen molar-refractivity contribution in [1.82, 2.24) is 5.32 Å². The summed E-state index contributed by atoms with van der Waals surface area (Å²) in [5.74, 6) is -0.487. The topological polar surface area (TPSA) is 47.6 Å². The van der Waals surface area contributed by atoms with Crippen molar-refractivity contribution in [3.05, 3.63) is 22.7 Å². The average molecular weight is 326 g/mol. The van der Waals surface area contributed by atoms with Crippen molar-refractivity contribution in [2.24, 2.45) is 0 Å². The molecule has 1 rings (SSSR count). The minimum atomic E-state index is -4.48. The largest absolute Gasteiger partial charge is 0.493 e. The third-order valence-corrected chi connectivity index (χ3v) is 2.58. The minimum Gasteiger partial charge on any atom is -0.493 e. The first-order valence-corrected chi connectivity index (χ1v) is 6.41. The highest BCUT2D eigenvalue weighted by atomic mass is 35.5. The molecule has 0 saturated heterocycles. The van der Waals surface area contributed by atoms with E-state index in [0.717, 1.165) is 0 Å². The van der Waals surface area contributed by atoms with Crippen molar-refractivity contribution >= 4 is 17.5 Å². The van der Waals surface area contributed by atoms with Gasteiger partial charge in [0.15, 0.2) is 11.5 Å². The van der Waals surface area contributed by atoms with Crippen molar-refractivity contribution < 1.29 is 27.4 Å². The number of ether oxygens (including phenoxy) is 2. The molecule has 0 aliphatic heterocycles. The van der Waals surface area contributed by atoms with Gasteiger partial charge in [0.2, 0.25) is 0 Å². The van der Waals surface area contributed by atoms with Gasteiger partial charge in [-0.3, -0.25) is 4.79 Å². The van der Waals surface area contributed by atoms with E-state index in [2.05, 4.69) is 0 Å². The molecule has 21 heavy (non-hydrogen) atoms. The monoisotopic (exact) mass is 325 g/mol. The molecule has 1 N–H and O–H groups in total. The van der Waals surface area contributed by atoms with Crippen LogP contribution >= 0.6 is 11.6 Å². The number of rotatable bonds is 5. The summed E-state index contributed by atoms with van der Waals surface area (Å²) in [6.07, 6.45) is -4.66. The highest BCUT2D eigenvalue weighted by Gasteiger charge is 2.28. The lowest BCUT2D eigenvalue weighted by atomic mass is 10.2. The Bertz CT molecular complexity index is 518. The standard InChI is InChI=1S/C13H15ClF3NO3/c1-7(2)21-11-9(14)4-8(5-10(11)20-3)12(19)18-6-13(15,16)17/h4-5,7H,6H2,1-3H3,(H,18,19). The Morgan fingerprint density at radius 2 is 2.00 bits per heavy atom. The van der Waals surface area contributed by atoms with Crippen LogP contribution in [0.4, 0.5) is 13.2 Å². The van der Waals surface area contributed by atoms with Crippen molar-refractivity contribution in [1.29, 1.82) is 0 Å². The highest BCUT2D eigenvalue weighted by Crippen LogP contribution is 2.37. The summed E-state index contributed by atoms with van der Waals surface area (Å²) in [6.45, 7) is 2.13. The molecule has 1 aromatic rings. The highest BCUT2D eigenvalue weighted by molar-refractivity contribution is 6.32. The molecular formula is C13H15ClF3NO3. The number of hydrogen-bond donors (Lipinski definition) is 1. The van der Waals surface area contributed by atoms with E-state index >= 15 is 0 Å². The number of carbonyl (C=O) groups excluding carboxylic acids is 1. The van der Waals surface area contributed by atoms with Crippen LogP contribution < -0.4 is 14.8 Å². The molecule has 8 heteroatoms. The lowest BCUT2D eigenvalue weighted by Crippen LogP contribution is -2.33. The van der Waals surface area contributed by atoms with E-state index in [1.165, 1.54) is 19.2 Å². The van der Waals surface area contributed by atoms with E-state index in [4.69, 9.17) is 21.1 Å². The van der Waals surface area contributed by atoms with Gasteiger partial charge >= 0.3 is 6.18 Å². The van der Waals surface area contributed by atoms with Crippen LogP contribution in [0.3, 0.4) is 0 Å². The van der Waals surface area contributed by atoms with Crippen LogP contribution in [-0.2, 0) is 0 Å². The Hall–Kier alpha value is -1.63. The van der Waals surface area contributed by atoms with Gasteiger partial charge in [0.1, 0.15) is 6.54 Å². The third kappa shape index (κ3) is 5.34. The molecule has 1 amide bonds. The van der Waals surface area contributed by atoms with E-state index in [-0.39, 0.29) is 28.2 Å². The molecule has 118 valence electrons. The van der Waals surface area contributed by atoms with Crippen LogP contribution in [0.25, 0.3) is 0 Å². The molecule has 0 aromatic heterocycles. The van der Waals surface area contributed by atoms with Crippen molar-refractivity contribution in [3.63, 3.8) is 0 Å². The van der Waals surface area contributed by atoms with Gasteiger partial charge < -0.3 is 14.8 Å². The van der Waals surface area contributed by atoms with Crippen LogP contribution in [0.2, 0.25) is 5.02 Å². The number of benzene rings is 1. The fourth-order valence-electron chi connectivity index (χ4n) is 1.48. The number of carbonyl (C=O) groups is 1. The Kier molecular flexibility index (Phi) is 5.71. The van der Waals surface area contributed by atoms with Crippen molar-refractivity contribution in [2.45, 2.75) is 26.1 Å². The fraction of sp³-hybridized carbons (Fsp3) is 0.462. The lowest BCUT2D eigenvalue weighted by molar-refractivity contribution is -0.123. The lowest BCUT2D eigenvalue weighted by Gasteiger charge is -2.16. The maximum atomic E-state index is 12.1. The third-order valence-electron chi connectivity index (χ3n) is 2.29. The van der Waals surface area contributed by atoms with E-state index in [1.807, 2.05) is 0 Å². The molecule has 4 nitrogen and oxygen atoms in total. The fourth-order valence-corrected chi connectivity index (χ4v) is 1.74. The predicted octanol–water partition coefficient (Wildman–Crippen LogP) is 3.43. The summed E-state index contributed by atoms with van der Waals surface area (Å²) in [5.41, 5.74) is -0.0443. The number of amides is 1. The van der Waals surface area contributed by atoms with Gasteiger partial charge in [-0.05, 0) is 26.0 Å². The minimum absolute atomic E-state index is 0.0443. The van der Waals surface area contributed by atoms with Crippen LogP contribution in [0.1, 0.15) is 24.2 Å². The number of halogens is 4. The first-order valence-electron chi connectivity index (χ1n) is 6.03. The molecule has 0 aliphatic carbocycles. The number of nitrogens with one attached hydrogen (secondary N) is 1. The second-order valence-corrected chi connectivity index (χ2v) is 4.86. The molecule has 0 aliphatic rings. The van der Waals surface area contributed by atoms with Gasteiger partial charge in [0.25, 0.3) is 5.91 Å². The number of hydrogen-bond acceptors (Lipinski definition) is 3. The Morgan fingerprint density at radius 1 is 1.38 bits per heavy atom. The van der Waals surface area contributed by atoms with Gasteiger partial charge in [-0.1, -0.05) is 11.6 Å². The second kappa shape index (κ2) is 6.89. The van der Waals surface area contributed by atoms with Gasteiger partial charge in [-0.15, -0.1) is 0 Å². The van der Waals surface area contributed by atoms with Gasteiger partial charge in [-0.25, -0.2) is 0 Å². The molecule has 0 bridgehead atoms. The van der Waals surface area contributed by atoms with Crippen LogP contribution in [-0.4, -0.2) is 31.8 Å². The smallest absolute Gasteiger partial charge is 0.405 e. The SMILES string of the molecule is COc1cc(C(=O)NCC(F)(F)F)cc(Cl)c1OC(C)C. The Balaban J connectivity index is 3.00.